The molecule has 7 nitrogen and oxygen atoms in total. The summed E-state index contributed by atoms with van der Waals surface area (Å²) in [5.41, 5.74) is 7.59. The number of hydrogen-bond donors (Lipinski definition) is 2. The summed E-state index contributed by atoms with van der Waals surface area (Å²) in [6, 6.07) is 0.610. The number of hydrogen-bond acceptors (Lipinski definition) is 5. The molecule has 1 saturated heterocycles. The molecule has 1 aliphatic heterocycles. The molecule has 2 aliphatic rings. The first-order valence-electron chi connectivity index (χ1n) is 10.6. The molecule has 2 heterocycles. The van der Waals surface area contributed by atoms with Gasteiger partial charge in [0.15, 0.2) is 5.58 Å². The molecule has 2 aromatic rings. The minimum absolute atomic E-state index is 0.0238. The van der Waals surface area contributed by atoms with Crippen molar-refractivity contribution < 1.29 is 35.9 Å². The van der Waals surface area contributed by atoms with Crippen LogP contribution in [0.3, 0.4) is 0 Å². The average molecular weight is 476 g/mol. The molecular formula is C21H25F5N4O3. The number of carbonyl (C=O) groups is 1. The summed E-state index contributed by atoms with van der Waals surface area (Å²) < 4.78 is 77.1. The molecular weight excluding hydrogens is 451 g/mol. The fourth-order valence-electron chi connectivity index (χ4n) is 4.47. The van der Waals surface area contributed by atoms with Crippen LogP contribution in [-0.2, 0) is 4.74 Å². The Morgan fingerprint density at radius 2 is 2.03 bits per heavy atom. The lowest BCUT2D eigenvalue weighted by Crippen LogP contribution is -2.40. The van der Waals surface area contributed by atoms with E-state index >= 15 is 0 Å². The number of aromatic nitrogens is 1. The zero-order chi connectivity index (χ0) is 24.0. The second kappa shape index (κ2) is 8.71. The predicted molar refractivity (Wildman–Crippen MR) is 108 cm³/mol. The van der Waals surface area contributed by atoms with Crippen molar-refractivity contribution in [2.45, 2.75) is 55.9 Å². The van der Waals surface area contributed by atoms with Gasteiger partial charge in [0.05, 0.1) is 25.2 Å². The Labute approximate surface area is 186 Å². The third-order valence-electron chi connectivity index (χ3n) is 6.40. The molecule has 1 aliphatic carbocycles. The van der Waals surface area contributed by atoms with Crippen molar-refractivity contribution in [2.75, 3.05) is 20.3 Å². The van der Waals surface area contributed by atoms with E-state index in [0.29, 0.717) is 16.7 Å². The summed E-state index contributed by atoms with van der Waals surface area (Å²) in [5, 5.41) is 1.95. The van der Waals surface area contributed by atoms with Crippen molar-refractivity contribution in [3.05, 3.63) is 29.7 Å². The van der Waals surface area contributed by atoms with Crippen LogP contribution >= 0.6 is 0 Å². The topological polar surface area (TPSA) is 93.6 Å². The first kappa shape index (κ1) is 23.7. The van der Waals surface area contributed by atoms with Crippen molar-refractivity contribution >= 4 is 17.1 Å². The number of halogens is 5. The third kappa shape index (κ3) is 4.91. The molecule has 1 saturated carbocycles. The standard InChI is InChI=1S/C21H25F5N4O3/c1-32-10-14(30-9-16(21(24,25)26)29-19(30)31)12-2-3-15-13(8-12)28-18(33-15)17(27)11-4-6-20(22,23)7-5-11/h2-3,8,11,14,16-17H,4-7,9-10,27H2,1H3,(H,29,31)/t14?,16-,17-/m0/s1. The van der Waals surface area contributed by atoms with Crippen molar-refractivity contribution in [3.63, 3.8) is 0 Å². The molecule has 12 heteroatoms. The Hall–Kier alpha value is -2.47. The van der Waals surface area contributed by atoms with Gasteiger partial charge in [-0.05, 0) is 36.5 Å². The molecule has 182 valence electrons. The maximum Gasteiger partial charge on any atom is 0.410 e. The number of methoxy groups -OCH3 is 1. The molecule has 3 atom stereocenters. The molecule has 2 fully saturated rings. The van der Waals surface area contributed by atoms with Gasteiger partial charge >= 0.3 is 12.2 Å². The SMILES string of the molecule is COCC(c1ccc2oc([C@@H](N)C3CCC(F)(F)CC3)nc2c1)N1C[C@@H](C(F)(F)F)NC1=O. The second-order valence-electron chi connectivity index (χ2n) is 8.67. The number of carbonyl (C=O) groups excluding carboxylic acids is 1. The van der Waals surface area contributed by atoms with Gasteiger partial charge in [-0.3, -0.25) is 0 Å². The Bertz CT molecular complexity index is 1000. The number of fused-ring (bicyclic) bond motifs is 1. The molecule has 33 heavy (non-hydrogen) atoms. The number of nitrogens with zero attached hydrogens (tertiary/aromatic N) is 2. The van der Waals surface area contributed by atoms with E-state index < -0.39 is 42.8 Å². The zero-order valence-electron chi connectivity index (χ0n) is 17.9. The lowest BCUT2D eigenvalue weighted by Gasteiger charge is -2.30. The Morgan fingerprint density at radius 3 is 2.64 bits per heavy atom. The molecule has 2 amide bonds. The summed E-state index contributed by atoms with van der Waals surface area (Å²) in [7, 11) is 1.39. The van der Waals surface area contributed by atoms with E-state index in [-0.39, 0.29) is 44.1 Å². The predicted octanol–water partition coefficient (Wildman–Crippen LogP) is 4.30. The summed E-state index contributed by atoms with van der Waals surface area (Å²) in [5.74, 6) is -2.64. The molecule has 4 rings (SSSR count). The number of urea groups is 1. The molecule has 1 aromatic heterocycles. The average Bonchev–Trinajstić information content (AvgIpc) is 3.34. The number of ether oxygens (including phenoxy) is 1. The maximum absolute atomic E-state index is 13.5. The highest BCUT2D eigenvalue weighted by Gasteiger charge is 2.48. The van der Waals surface area contributed by atoms with Gasteiger partial charge in [0.1, 0.15) is 11.6 Å². The first-order valence-corrected chi connectivity index (χ1v) is 10.6. The van der Waals surface area contributed by atoms with Crippen LogP contribution in [-0.4, -0.2) is 54.3 Å². The quantitative estimate of drug-likeness (QED) is 0.607. The van der Waals surface area contributed by atoms with Crippen LogP contribution < -0.4 is 11.1 Å². The van der Waals surface area contributed by atoms with Crippen molar-refractivity contribution in [1.82, 2.24) is 15.2 Å². The number of amides is 2. The molecule has 1 aromatic carbocycles. The number of benzene rings is 1. The fraction of sp³-hybridized carbons (Fsp3) is 0.619. The zero-order valence-corrected chi connectivity index (χ0v) is 17.9. The van der Waals surface area contributed by atoms with Crippen molar-refractivity contribution in [1.29, 1.82) is 0 Å². The van der Waals surface area contributed by atoms with E-state index in [9.17, 15) is 26.7 Å². The molecule has 0 radical (unpaired) electrons. The van der Waals surface area contributed by atoms with Gasteiger partial charge in [-0.15, -0.1) is 0 Å². The van der Waals surface area contributed by atoms with Gasteiger partial charge < -0.3 is 25.1 Å². The fourth-order valence-corrected chi connectivity index (χ4v) is 4.47. The molecule has 0 spiro atoms. The van der Waals surface area contributed by atoms with Gasteiger partial charge in [0.2, 0.25) is 11.8 Å². The van der Waals surface area contributed by atoms with Crippen molar-refractivity contribution in [2.24, 2.45) is 11.7 Å². The van der Waals surface area contributed by atoms with E-state index in [0.717, 1.165) is 4.90 Å². The highest BCUT2D eigenvalue weighted by molar-refractivity contribution is 5.78. The van der Waals surface area contributed by atoms with E-state index in [1.165, 1.54) is 7.11 Å². The lowest BCUT2D eigenvalue weighted by molar-refractivity contribution is -0.150. The Morgan fingerprint density at radius 1 is 1.33 bits per heavy atom. The summed E-state index contributed by atoms with van der Waals surface area (Å²) in [6.45, 7) is -0.570. The monoisotopic (exact) mass is 476 g/mol. The summed E-state index contributed by atoms with van der Waals surface area (Å²) in [4.78, 5) is 17.7. The van der Waals surface area contributed by atoms with Crippen LogP contribution in [0.4, 0.5) is 26.7 Å². The minimum Gasteiger partial charge on any atom is -0.439 e. The number of rotatable bonds is 6. The highest BCUT2D eigenvalue weighted by Crippen LogP contribution is 2.41. The Kier molecular flexibility index (Phi) is 6.25. The van der Waals surface area contributed by atoms with Gasteiger partial charge in [-0.2, -0.15) is 13.2 Å². The molecule has 0 bridgehead atoms. The van der Waals surface area contributed by atoms with Crippen LogP contribution in [0.2, 0.25) is 0 Å². The second-order valence-corrected chi connectivity index (χ2v) is 8.67. The highest BCUT2D eigenvalue weighted by atomic mass is 19.4. The van der Waals surface area contributed by atoms with Crippen LogP contribution in [0.15, 0.2) is 22.6 Å². The third-order valence-corrected chi connectivity index (χ3v) is 6.40. The van der Waals surface area contributed by atoms with E-state index in [1.54, 1.807) is 18.2 Å². The normalized spacial score (nSPS) is 23.7. The smallest absolute Gasteiger partial charge is 0.410 e. The molecule has 3 N–H and O–H groups in total. The Balaban J connectivity index is 1.56. The van der Waals surface area contributed by atoms with Crippen LogP contribution in [0.5, 0.6) is 0 Å². The van der Waals surface area contributed by atoms with E-state index in [2.05, 4.69) is 4.98 Å². The number of nitrogens with one attached hydrogen (secondary N) is 1. The van der Waals surface area contributed by atoms with Crippen LogP contribution in [0.25, 0.3) is 11.1 Å². The van der Waals surface area contributed by atoms with Crippen molar-refractivity contribution in [3.8, 4) is 0 Å². The number of alkyl halides is 5. The first-order chi connectivity index (χ1) is 15.5. The molecule has 1 unspecified atom stereocenters. The lowest BCUT2D eigenvalue weighted by atomic mass is 9.82. The van der Waals surface area contributed by atoms with Gasteiger partial charge in [-0.25, -0.2) is 18.6 Å². The van der Waals surface area contributed by atoms with Gasteiger partial charge in [-0.1, -0.05) is 6.07 Å². The number of oxazole rings is 1. The maximum atomic E-state index is 13.5. The van der Waals surface area contributed by atoms with Gasteiger partial charge in [0.25, 0.3) is 0 Å². The van der Waals surface area contributed by atoms with E-state index in [4.69, 9.17) is 14.9 Å². The summed E-state index contributed by atoms with van der Waals surface area (Å²) >= 11 is 0. The number of nitrogens with two attached hydrogens (primary N) is 1. The summed E-state index contributed by atoms with van der Waals surface area (Å²) in [6.07, 6.45) is -4.50. The largest absolute Gasteiger partial charge is 0.439 e. The van der Waals surface area contributed by atoms with E-state index in [1.807, 2.05) is 5.32 Å². The minimum atomic E-state index is -4.56. The van der Waals surface area contributed by atoms with Crippen LogP contribution in [0.1, 0.15) is 49.2 Å². The van der Waals surface area contributed by atoms with Crippen LogP contribution in [0, 0.1) is 5.92 Å². The van der Waals surface area contributed by atoms with Gasteiger partial charge in [0, 0.05) is 20.0 Å².